The van der Waals surface area contributed by atoms with Crippen LogP contribution in [0, 0.1) is 0 Å². The third kappa shape index (κ3) is 46.8. The molecule has 0 saturated carbocycles. The van der Waals surface area contributed by atoms with Crippen molar-refractivity contribution in [2.75, 3.05) is 19.8 Å². The minimum absolute atomic E-state index is 0.000584. The SMILES string of the molecule is CCCCC/C=C/CC/C=C/C(O)C(COC1OC(CO)C(O)C(O)C1O)NC(=O)CCCCCCCCC/C=C\C/C=C\CCCCCCCCCCCOC(=O)CCCCCCCCCCCCCCCCCCCCC. The van der Waals surface area contributed by atoms with Crippen LogP contribution < -0.4 is 5.32 Å². The van der Waals surface area contributed by atoms with Gasteiger partial charge in [-0.15, -0.1) is 0 Å². The molecule has 1 aliphatic heterocycles. The van der Waals surface area contributed by atoms with E-state index in [-0.39, 0.29) is 18.5 Å². The molecule has 1 saturated heterocycles. The van der Waals surface area contributed by atoms with Gasteiger partial charge in [0.25, 0.3) is 0 Å². The van der Waals surface area contributed by atoms with Crippen molar-refractivity contribution in [1.29, 1.82) is 0 Å². The van der Waals surface area contributed by atoms with E-state index in [4.69, 9.17) is 14.2 Å². The first kappa shape index (κ1) is 74.6. The molecule has 1 fully saturated rings. The lowest BCUT2D eigenvalue weighted by molar-refractivity contribution is -0.302. The van der Waals surface area contributed by atoms with E-state index in [1.165, 1.54) is 199 Å². The lowest BCUT2D eigenvalue weighted by atomic mass is 9.99. The van der Waals surface area contributed by atoms with Crippen LogP contribution >= 0.6 is 0 Å². The van der Waals surface area contributed by atoms with E-state index in [1.807, 2.05) is 6.08 Å². The lowest BCUT2D eigenvalue weighted by Gasteiger charge is -2.40. The minimum atomic E-state index is -1.58. The molecule has 462 valence electrons. The van der Waals surface area contributed by atoms with Crippen LogP contribution in [-0.4, -0.2) is 100 Å². The van der Waals surface area contributed by atoms with Gasteiger partial charge >= 0.3 is 5.97 Å². The minimum Gasteiger partial charge on any atom is -0.466 e. The van der Waals surface area contributed by atoms with Gasteiger partial charge in [-0.05, 0) is 77.0 Å². The van der Waals surface area contributed by atoms with Crippen LogP contribution in [0.25, 0.3) is 0 Å². The maximum Gasteiger partial charge on any atom is 0.305 e. The number of esters is 1. The fraction of sp³-hybridized carbons (Fsp3) is 0.853. The van der Waals surface area contributed by atoms with Crippen molar-refractivity contribution in [3.63, 3.8) is 0 Å². The molecule has 0 aromatic heterocycles. The first-order valence-corrected chi connectivity index (χ1v) is 33.4. The average Bonchev–Trinajstić information content (AvgIpc) is 3.46. The van der Waals surface area contributed by atoms with Crippen molar-refractivity contribution in [2.24, 2.45) is 0 Å². The third-order valence-corrected chi connectivity index (χ3v) is 15.7. The second-order valence-electron chi connectivity index (χ2n) is 23.2. The maximum absolute atomic E-state index is 13.0. The zero-order chi connectivity index (χ0) is 57.3. The highest BCUT2D eigenvalue weighted by atomic mass is 16.7. The summed E-state index contributed by atoms with van der Waals surface area (Å²) >= 11 is 0. The zero-order valence-corrected chi connectivity index (χ0v) is 51.1. The number of aliphatic hydroxyl groups excluding tert-OH is 5. The summed E-state index contributed by atoms with van der Waals surface area (Å²) < 4.78 is 16.7. The molecule has 0 spiro atoms. The number of hydrogen-bond acceptors (Lipinski definition) is 10. The van der Waals surface area contributed by atoms with Gasteiger partial charge in [-0.3, -0.25) is 9.59 Å². The Balaban J connectivity index is 1.97. The Morgan fingerprint density at radius 2 is 0.861 bits per heavy atom. The summed E-state index contributed by atoms with van der Waals surface area (Å²) in [5.41, 5.74) is 0. The predicted octanol–water partition coefficient (Wildman–Crippen LogP) is 16.4. The molecule has 11 heteroatoms. The summed E-state index contributed by atoms with van der Waals surface area (Å²) in [6, 6.07) is -0.834. The molecule has 0 aromatic carbocycles. The molecular weight excluding hydrogens is 991 g/mol. The molecule has 0 aliphatic carbocycles. The fourth-order valence-corrected chi connectivity index (χ4v) is 10.4. The maximum atomic E-state index is 13.0. The Bertz CT molecular complexity index is 1450. The molecule has 1 amide bonds. The highest BCUT2D eigenvalue weighted by Crippen LogP contribution is 2.23. The largest absolute Gasteiger partial charge is 0.466 e. The van der Waals surface area contributed by atoms with Crippen molar-refractivity contribution in [3.8, 4) is 0 Å². The molecular formula is C68H125NO10. The van der Waals surface area contributed by atoms with Gasteiger partial charge in [0.1, 0.15) is 24.4 Å². The van der Waals surface area contributed by atoms with Crippen molar-refractivity contribution < 1.29 is 49.3 Å². The van der Waals surface area contributed by atoms with Gasteiger partial charge in [-0.2, -0.15) is 0 Å². The van der Waals surface area contributed by atoms with E-state index < -0.39 is 49.5 Å². The summed E-state index contributed by atoms with van der Waals surface area (Å²) in [6.45, 7) is 4.28. The second kappa shape index (κ2) is 57.4. The van der Waals surface area contributed by atoms with E-state index in [0.717, 1.165) is 83.5 Å². The zero-order valence-electron chi connectivity index (χ0n) is 51.1. The molecule has 1 aliphatic rings. The summed E-state index contributed by atoms with van der Waals surface area (Å²) in [4.78, 5) is 25.1. The van der Waals surface area contributed by atoms with Crippen LogP contribution in [-0.2, 0) is 23.8 Å². The normalized spacial score (nSPS) is 18.7. The Hall–Kier alpha value is -2.38. The summed E-state index contributed by atoms with van der Waals surface area (Å²) in [7, 11) is 0. The molecule has 79 heavy (non-hydrogen) atoms. The number of hydrogen-bond donors (Lipinski definition) is 6. The number of ether oxygens (including phenoxy) is 3. The summed E-state index contributed by atoms with van der Waals surface area (Å²) in [5.74, 6) is -0.206. The summed E-state index contributed by atoms with van der Waals surface area (Å²) in [6.07, 6.45) is 63.9. The number of unbranched alkanes of at least 4 members (excludes halogenated alkanes) is 38. The third-order valence-electron chi connectivity index (χ3n) is 15.7. The number of amides is 1. The fourth-order valence-electron chi connectivity index (χ4n) is 10.4. The van der Waals surface area contributed by atoms with Gasteiger partial charge in [0.2, 0.25) is 5.91 Å². The van der Waals surface area contributed by atoms with Crippen LogP contribution in [0.4, 0.5) is 0 Å². The van der Waals surface area contributed by atoms with Crippen molar-refractivity contribution >= 4 is 11.9 Å². The van der Waals surface area contributed by atoms with E-state index in [0.29, 0.717) is 19.4 Å². The van der Waals surface area contributed by atoms with Crippen LogP contribution in [0.3, 0.4) is 0 Å². The molecule has 0 radical (unpaired) electrons. The molecule has 6 N–H and O–H groups in total. The van der Waals surface area contributed by atoms with Gasteiger partial charge in [0.05, 0.1) is 32.0 Å². The van der Waals surface area contributed by atoms with Gasteiger partial charge in [-0.1, -0.05) is 268 Å². The number of carbonyl (C=O) groups is 2. The van der Waals surface area contributed by atoms with Crippen LogP contribution in [0.5, 0.6) is 0 Å². The number of allylic oxidation sites excluding steroid dienone is 7. The highest BCUT2D eigenvalue weighted by Gasteiger charge is 2.44. The Morgan fingerprint density at radius 3 is 1.35 bits per heavy atom. The Morgan fingerprint density at radius 1 is 0.468 bits per heavy atom. The standard InChI is InChI=1S/C68H125NO10/c1-3-5-7-9-11-13-14-15-16-17-23-27-30-33-36-40-44-48-52-56-64(73)77-57-53-49-45-41-37-34-31-28-25-22-20-18-19-21-24-26-29-32-35-39-43-47-51-55-63(72)69-60(61(71)54-50-46-42-38-12-10-8-6-4-2)59-78-68-67(76)66(75)65(74)62(58-70)79-68/h12,18,20-21,24,38,50,54,60-62,65-68,70-71,74-76H,3-11,13-17,19,22-23,25-37,39-49,51-53,55-59H2,1-2H3,(H,69,72)/b20-18-,24-21-,38-12+,54-50+. The number of nitrogens with one attached hydrogen (secondary N) is 1. The topological polar surface area (TPSA) is 175 Å². The smallest absolute Gasteiger partial charge is 0.305 e. The van der Waals surface area contributed by atoms with Crippen LogP contribution in [0.15, 0.2) is 48.6 Å². The van der Waals surface area contributed by atoms with E-state index in [2.05, 4.69) is 55.6 Å². The predicted molar refractivity (Wildman–Crippen MR) is 329 cm³/mol. The monoisotopic (exact) mass is 1120 g/mol. The molecule has 0 aromatic rings. The van der Waals surface area contributed by atoms with Gasteiger partial charge in [-0.25, -0.2) is 0 Å². The van der Waals surface area contributed by atoms with Crippen LogP contribution in [0.2, 0.25) is 0 Å². The van der Waals surface area contributed by atoms with Gasteiger partial charge < -0.3 is 45.1 Å². The van der Waals surface area contributed by atoms with E-state index in [1.54, 1.807) is 6.08 Å². The first-order valence-electron chi connectivity index (χ1n) is 33.4. The Labute approximate surface area is 485 Å². The van der Waals surface area contributed by atoms with Gasteiger partial charge in [0.15, 0.2) is 6.29 Å². The van der Waals surface area contributed by atoms with E-state index in [9.17, 15) is 35.1 Å². The lowest BCUT2D eigenvalue weighted by Crippen LogP contribution is -2.60. The molecule has 7 atom stereocenters. The van der Waals surface area contributed by atoms with Crippen molar-refractivity contribution in [2.45, 2.75) is 352 Å². The molecule has 0 bridgehead atoms. The van der Waals surface area contributed by atoms with Gasteiger partial charge in [0, 0.05) is 12.8 Å². The number of carbonyl (C=O) groups excluding carboxylic acids is 2. The quantitative estimate of drug-likeness (QED) is 0.0195. The Kier molecular flexibility index (Phi) is 54.3. The van der Waals surface area contributed by atoms with Crippen molar-refractivity contribution in [1.82, 2.24) is 5.32 Å². The molecule has 7 unspecified atom stereocenters. The number of rotatable bonds is 58. The molecule has 11 nitrogen and oxygen atoms in total. The molecule has 1 heterocycles. The molecule has 1 rings (SSSR count). The average molecular weight is 1120 g/mol. The summed E-state index contributed by atoms with van der Waals surface area (Å²) in [5, 5.41) is 54.2. The second-order valence-corrected chi connectivity index (χ2v) is 23.2. The van der Waals surface area contributed by atoms with E-state index >= 15 is 0 Å². The number of aliphatic hydroxyl groups is 5. The first-order chi connectivity index (χ1) is 38.7. The van der Waals surface area contributed by atoms with Crippen LogP contribution in [0.1, 0.15) is 309 Å². The highest BCUT2D eigenvalue weighted by molar-refractivity contribution is 5.76. The van der Waals surface area contributed by atoms with Crippen molar-refractivity contribution in [3.05, 3.63) is 48.6 Å².